The van der Waals surface area contributed by atoms with Crippen LogP contribution in [-0.4, -0.2) is 23.2 Å². The Balaban J connectivity index is 1.99. The molecule has 2 aromatic rings. The molecule has 0 aromatic heterocycles. The number of para-hydroxylation sites is 1. The highest BCUT2D eigenvalue weighted by atomic mass is 32.1. The number of methoxy groups -OCH3 is 1. The molecule has 1 aliphatic rings. The van der Waals surface area contributed by atoms with Crippen LogP contribution in [0.1, 0.15) is 24.1 Å². The Kier molecular flexibility index (Phi) is 5.32. The van der Waals surface area contributed by atoms with Gasteiger partial charge in [0.1, 0.15) is 0 Å². The third-order valence-electron chi connectivity index (χ3n) is 4.44. The van der Waals surface area contributed by atoms with E-state index in [-0.39, 0.29) is 11.7 Å². The van der Waals surface area contributed by atoms with E-state index in [9.17, 15) is 9.90 Å². The second-order valence-corrected chi connectivity index (χ2v) is 6.68. The SMILES string of the molecule is COc1cc(C2NC(=S)NC(C)=C2C(=O)Nc2ccccc2C)ccc1O. The number of amides is 1. The zero-order valence-corrected chi connectivity index (χ0v) is 16.1. The van der Waals surface area contributed by atoms with E-state index < -0.39 is 6.04 Å². The third kappa shape index (κ3) is 3.88. The van der Waals surface area contributed by atoms with E-state index in [2.05, 4.69) is 16.0 Å². The predicted molar refractivity (Wildman–Crippen MR) is 109 cm³/mol. The summed E-state index contributed by atoms with van der Waals surface area (Å²) in [5.74, 6) is 0.126. The van der Waals surface area contributed by atoms with Crippen molar-refractivity contribution in [3.63, 3.8) is 0 Å². The molecule has 6 nitrogen and oxygen atoms in total. The van der Waals surface area contributed by atoms with Crippen molar-refractivity contribution in [2.45, 2.75) is 19.9 Å². The van der Waals surface area contributed by atoms with Crippen molar-refractivity contribution >= 4 is 28.9 Å². The molecule has 0 bridgehead atoms. The molecule has 0 fully saturated rings. The van der Waals surface area contributed by atoms with Crippen LogP contribution in [0.3, 0.4) is 0 Å². The second-order valence-electron chi connectivity index (χ2n) is 6.27. The molecule has 4 N–H and O–H groups in total. The van der Waals surface area contributed by atoms with Crippen LogP contribution < -0.4 is 20.7 Å². The van der Waals surface area contributed by atoms with Crippen LogP contribution in [0.25, 0.3) is 0 Å². The van der Waals surface area contributed by atoms with Crippen LogP contribution in [0.2, 0.25) is 0 Å². The van der Waals surface area contributed by atoms with Gasteiger partial charge in [0.25, 0.3) is 5.91 Å². The lowest BCUT2D eigenvalue weighted by molar-refractivity contribution is -0.113. The number of carbonyl (C=O) groups is 1. The molecule has 0 aliphatic carbocycles. The summed E-state index contributed by atoms with van der Waals surface area (Å²) in [5.41, 5.74) is 3.65. The number of carbonyl (C=O) groups excluding carboxylic acids is 1. The van der Waals surface area contributed by atoms with Gasteiger partial charge < -0.3 is 25.8 Å². The number of rotatable bonds is 4. The van der Waals surface area contributed by atoms with Crippen LogP contribution in [0.5, 0.6) is 11.5 Å². The van der Waals surface area contributed by atoms with E-state index in [1.165, 1.54) is 13.2 Å². The number of benzene rings is 2. The Labute approximate surface area is 163 Å². The minimum atomic E-state index is -0.475. The predicted octanol–water partition coefficient (Wildman–Crippen LogP) is 3.14. The van der Waals surface area contributed by atoms with Gasteiger partial charge in [-0.2, -0.15) is 0 Å². The van der Waals surface area contributed by atoms with Crippen molar-refractivity contribution in [2.24, 2.45) is 0 Å². The van der Waals surface area contributed by atoms with Crippen molar-refractivity contribution in [1.29, 1.82) is 0 Å². The van der Waals surface area contributed by atoms with Gasteiger partial charge in [0.05, 0.1) is 18.7 Å². The number of anilines is 1. The monoisotopic (exact) mass is 383 g/mol. The molecular formula is C20H21N3O3S. The summed E-state index contributed by atoms with van der Waals surface area (Å²) >= 11 is 5.27. The quantitative estimate of drug-likeness (QED) is 0.607. The Morgan fingerprint density at radius 2 is 1.96 bits per heavy atom. The fourth-order valence-electron chi connectivity index (χ4n) is 3.02. The van der Waals surface area contributed by atoms with Crippen LogP contribution in [0, 0.1) is 6.92 Å². The first-order valence-electron chi connectivity index (χ1n) is 8.43. The van der Waals surface area contributed by atoms with E-state index >= 15 is 0 Å². The second kappa shape index (κ2) is 7.67. The molecule has 1 unspecified atom stereocenters. The average Bonchev–Trinajstić information content (AvgIpc) is 2.63. The summed E-state index contributed by atoms with van der Waals surface area (Å²) < 4.78 is 5.19. The number of allylic oxidation sites excluding steroid dienone is 1. The third-order valence-corrected chi connectivity index (χ3v) is 4.66. The lowest BCUT2D eigenvalue weighted by Crippen LogP contribution is -2.45. The molecule has 0 saturated heterocycles. The number of phenolic OH excluding ortho intramolecular Hbond substituents is 1. The van der Waals surface area contributed by atoms with E-state index in [0.717, 1.165) is 16.8 Å². The topological polar surface area (TPSA) is 82.6 Å². The highest BCUT2D eigenvalue weighted by Gasteiger charge is 2.30. The standard InChI is InChI=1S/C20H21N3O3S/c1-11-6-4-5-7-14(11)22-19(25)17-12(2)21-20(27)23-18(17)13-8-9-15(24)16(10-13)26-3/h4-10,18,24H,1-3H3,(H,22,25)(H2,21,23,27). The minimum Gasteiger partial charge on any atom is -0.504 e. The van der Waals surface area contributed by atoms with E-state index in [1.54, 1.807) is 12.1 Å². The Hall–Kier alpha value is -3.06. The molecule has 0 radical (unpaired) electrons. The number of hydrogen-bond donors (Lipinski definition) is 4. The summed E-state index contributed by atoms with van der Waals surface area (Å²) in [6.45, 7) is 3.75. The fourth-order valence-corrected chi connectivity index (χ4v) is 3.29. The van der Waals surface area contributed by atoms with Gasteiger partial charge in [-0.3, -0.25) is 4.79 Å². The summed E-state index contributed by atoms with van der Waals surface area (Å²) in [6.07, 6.45) is 0. The first-order chi connectivity index (χ1) is 12.9. The molecular weight excluding hydrogens is 362 g/mol. The van der Waals surface area contributed by atoms with E-state index in [4.69, 9.17) is 17.0 Å². The normalized spacial score (nSPS) is 16.4. The Morgan fingerprint density at radius 3 is 2.67 bits per heavy atom. The number of ether oxygens (including phenoxy) is 1. The number of phenols is 1. The molecule has 140 valence electrons. The summed E-state index contributed by atoms with van der Waals surface area (Å²) in [6, 6.07) is 12.1. The maximum absolute atomic E-state index is 13.1. The van der Waals surface area contributed by atoms with Gasteiger partial charge in [0.15, 0.2) is 16.6 Å². The summed E-state index contributed by atoms with van der Waals surface area (Å²) in [5, 5.41) is 19.4. The number of nitrogens with one attached hydrogen (secondary N) is 3. The smallest absolute Gasteiger partial charge is 0.255 e. The van der Waals surface area contributed by atoms with Gasteiger partial charge in [-0.15, -0.1) is 0 Å². The summed E-state index contributed by atoms with van der Waals surface area (Å²) in [4.78, 5) is 13.1. The number of aryl methyl sites for hydroxylation is 1. The van der Waals surface area contributed by atoms with Crippen molar-refractivity contribution < 1.29 is 14.6 Å². The zero-order chi connectivity index (χ0) is 19.6. The van der Waals surface area contributed by atoms with Gasteiger partial charge in [0, 0.05) is 11.4 Å². The molecule has 1 heterocycles. The molecule has 0 saturated carbocycles. The van der Waals surface area contributed by atoms with Gasteiger partial charge >= 0.3 is 0 Å². The van der Waals surface area contributed by atoms with Gasteiger partial charge in [-0.05, 0) is 55.4 Å². The lowest BCUT2D eigenvalue weighted by atomic mass is 9.94. The van der Waals surface area contributed by atoms with E-state index in [1.807, 2.05) is 38.1 Å². The van der Waals surface area contributed by atoms with E-state index in [0.29, 0.717) is 22.1 Å². The fraction of sp³-hybridized carbons (Fsp3) is 0.200. The number of hydrogen-bond acceptors (Lipinski definition) is 4. The summed E-state index contributed by atoms with van der Waals surface area (Å²) in [7, 11) is 1.48. The molecule has 1 aliphatic heterocycles. The lowest BCUT2D eigenvalue weighted by Gasteiger charge is -2.30. The van der Waals surface area contributed by atoms with Gasteiger partial charge in [-0.1, -0.05) is 24.3 Å². The van der Waals surface area contributed by atoms with Gasteiger partial charge in [-0.25, -0.2) is 0 Å². The number of aromatic hydroxyl groups is 1. The van der Waals surface area contributed by atoms with Crippen molar-refractivity contribution in [2.75, 3.05) is 12.4 Å². The maximum atomic E-state index is 13.1. The first-order valence-corrected chi connectivity index (χ1v) is 8.83. The molecule has 27 heavy (non-hydrogen) atoms. The molecule has 0 spiro atoms. The van der Waals surface area contributed by atoms with Crippen molar-refractivity contribution in [1.82, 2.24) is 10.6 Å². The zero-order valence-electron chi connectivity index (χ0n) is 15.3. The van der Waals surface area contributed by atoms with Crippen molar-refractivity contribution in [3.8, 4) is 11.5 Å². The molecule has 7 heteroatoms. The molecule has 3 rings (SSSR count). The Bertz CT molecular complexity index is 940. The van der Waals surface area contributed by atoms with Crippen LogP contribution in [0.4, 0.5) is 5.69 Å². The van der Waals surface area contributed by atoms with Crippen LogP contribution in [0.15, 0.2) is 53.7 Å². The largest absolute Gasteiger partial charge is 0.504 e. The maximum Gasteiger partial charge on any atom is 0.255 e. The number of thiocarbonyl (C=S) groups is 1. The molecule has 1 atom stereocenters. The highest BCUT2D eigenvalue weighted by molar-refractivity contribution is 7.80. The highest BCUT2D eigenvalue weighted by Crippen LogP contribution is 2.34. The van der Waals surface area contributed by atoms with Crippen LogP contribution >= 0.6 is 12.2 Å². The Morgan fingerprint density at radius 1 is 1.22 bits per heavy atom. The average molecular weight is 383 g/mol. The van der Waals surface area contributed by atoms with Crippen molar-refractivity contribution in [3.05, 3.63) is 64.9 Å². The minimum absolute atomic E-state index is 0.0318. The molecule has 2 aromatic carbocycles. The van der Waals surface area contributed by atoms with Crippen LogP contribution in [-0.2, 0) is 4.79 Å². The first kappa shape index (κ1) is 18.7. The van der Waals surface area contributed by atoms with Gasteiger partial charge in [0.2, 0.25) is 0 Å². The molecule has 1 amide bonds.